The lowest BCUT2D eigenvalue weighted by molar-refractivity contribution is 0.112. The van der Waals surface area contributed by atoms with Gasteiger partial charge in [-0.2, -0.15) is 0 Å². The van der Waals surface area contributed by atoms with Crippen molar-refractivity contribution in [2.75, 3.05) is 0 Å². The van der Waals surface area contributed by atoms with Crippen molar-refractivity contribution in [3.8, 4) is 0 Å². The van der Waals surface area contributed by atoms with E-state index < -0.39 is 0 Å². The molecule has 2 aromatic rings. The van der Waals surface area contributed by atoms with Crippen molar-refractivity contribution < 1.29 is 8.78 Å². The van der Waals surface area contributed by atoms with E-state index in [1.807, 2.05) is 12.1 Å². The first-order chi connectivity index (χ1) is 13.2. The Morgan fingerprint density at radius 1 is 0.889 bits per heavy atom. The highest BCUT2D eigenvalue weighted by Crippen LogP contribution is 2.49. The highest BCUT2D eigenvalue weighted by atomic mass is 19.1. The van der Waals surface area contributed by atoms with E-state index in [1.165, 1.54) is 63.5 Å². The molecule has 4 rings (SSSR count). The second-order valence-corrected chi connectivity index (χ2v) is 9.04. The van der Waals surface area contributed by atoms with Gasteiger partial charge in [-0.25, -0.2) is 8.78 Å². The zero-order chi connectivity index (χ0) is 18.8. The number of rotatable bonds is 5. The van der Waals surface area contributed by atoms with Gasteiger partial charge in [0.25, 0.3) is 0 Å². The van der Waals surface area contributed by atoms with Crippen molar-refractivity contribution in [1.29, 1.82) is 0 Å². The van der Waals surface area contributed by atoms with Gasteiger partial charge in [0.15, 0.2) is 0 Å². The molecule has 0 radical (unpaired) electrons. The minimum Gasteiger partial charge on any atom is -0.207 e. The molecule has 2 saturated carbocycles. The minimum absolute atomic E-state index is 0.191. The van der Waals surface area contributed by atoms with E-state index in [4.69, 9.17) is 0 Å². The van der Waals surface area contributed by atoms with Gasteiger partial charge in [0, 0.05) is 5.39 Å². The van der Waals surface area contributed by atoms with Crippen LogP contribution in [-0.4, -0.2) is 0 Å². The average molecular weight is 371 g/mol. The SMILES string of the molecule is CCCCCC1CCC2CC(c3ccc4ccc(F)cc4c3F)CCC2C1. The number of fused-ring (bicyclic) bond motifs is 2. The smallest absolute Gasteiger partial charge is 0.134 e. The lowest BCUT2D eigenvalue weighted by Gasteiger charge is -2.42. The second-order valence-electron chi connectivity index (χ2n) is 9.04. The lowest BCUT2D eigenvalue weighted by atomic mass is 9.63. The number of unbranched alkanes of at least 4 members (excludes halogenated alkanes) is 2. The zero-order valence-corrected chi connectivity index (χ0v) is 16.5. The fraction of sp³-hybridized carbons (Fsp3) is 0.600. The summed E-state index contributed by atoms with van der Waals surface area (Å²) in [5, 5.41) is 1.23. The van der Waals surface area contributed by atoms with Crippen molar-refractivity contribution >= 4 is 10.8 Å². The molecule has 0 aliphatic heterocycles. The summed E-state index contributed by atoms with van der Waals surface area (Å²) in [6.07, 6.45) is 13.0. The highest BCUT2D eigenvalue weighted by Gasteiger charge is 2.36. The molecule has 0 spiro atoms. The third kappa shape index (κ3) is 4.05. The maximum atomic E-state index is 15.1. The van der Waals surface area contributed by atoms with Crippen LogP contribution in [0.2, 0.25) is 0 Å². The number of hydrogen-bond donors (Lipinski definition) is 0. The molecule has 2 aliphatic carbocycles. The molecule has 2 fully saturated rings. The highest BCUT2D eigenvalue weighted by molar-refractivity contribution is 5.84. The van der Waals surface area contributed by atoms with Crippen molar-refractivity contribution in [2.45, 2.75) is 77.0 Å². The second kappa shape index (κ2) is 8.29. The van der Waals surface area contributed by atoms with Crippen LogP contribution in [0.4, 0.5) is 8.78 Å². The van der Waals surface area contributed by atoms with E-state index in [-0.39, 0.29) is 11.6 Å². The monoisotopic (exact) mass is 370 g/mol. The summed E-state index contributed by atoms with van der Waals surface area (Å²) < 4.78 is 28.7. The molecule has 0 heterocycles. The Morgan fingerprint density at radius 2 is 1.67 bits per heavy atom. The molecule has 27 heavy (non-hydrogen) atoms. The van der Waals surface area contributed by atoms with Crippen LogP contribution in [0, 0.1) is 29.4 Å². The third-order valence-electron chi connectivity index (χ3n) is 7.33. The first kappa shape index (κ1) is 18.9. The van der Waals surface area contributed by atoms with Gasteiger partial charge in [-0.15, -0.1) is 0 Å². The molecular formula is C25H32F2. The van der Waals surface area contributed by atoms with Crippen LogP contribution in [0.15, 0.2) is 30.3 Å². The van der Waals surface area contributed by atoms with E-state index in [2.05, 4.69) is 6.92 Å². The van der Waals surface area contributed by atoms with E-state index in [1.54, 1.807) is 6.07 Å². The first-order valence-electron chi connectivity index (χ1n) is 11.0. The summed E-state index contributed by atoms with van der Waals surface area (Å²) in [4.78, 5) is 0. The Hall–Kier alpha value is -1.44. The Morgan fingerprint density at radius 3 is 2.52 bits per heavy atom. The molecule has 0 aromatic heterocycles. The molecule has 2 aromatic carbocycles. The molecule has 0 N–H and O–H groups in total. The Bertz CT molecular complexity index is 781. The maximum absolute atomic E-state index is 15.1. The van der Waals surface area contributed by atoms with Crippen LogP contribution >= 0.6 is 0 Å². The molecule has 4 atom stereocenters. The number of benzene rings is 2. The topological polar surface area (TPSA) is 0 Å². The van der Waals surface area contributed by atoms with E-state index in [0.29, 0.717) is 11.3 Å². The van der Waals surface area contributed by atoms with Gasteiger partial charge >= 0.3 is 0 Å². The normalized spacial score (nSPS) is 28.3. The Kier molecular flexibility index (Phi) is 5.80. The molecule has 2 heteroatoms. The number of halogens is 2. The van der Waals surface area contributed by atoms with Gasteiger partial charge in [0.1, 0.15) is 11.6 Å². The van der Waals surface area contributed by atoms with Crippen LogP contribution in [0.1, 0.15) is 82.6 Å². The van der Waals surface area contributed by atoms with Crippen molar-refractivity contribution in [3.05, 3.63) is 47.5 Å². The van der Waals surface area contributed by atoms with Gasteiger partial charge in [0.05, 0.1) is 0 Å². The first-order valence-corrected chi connectivity index (χ1v) is 11.0. The van der Waals surface area contributed by atoms with Gasteiger partial charge < -0.3 is 0 Å². The van der Waals surface area contributed by atoms with Crippen molar-refractivity contribution in [2.24, 2.45) is 17.8 Å². The summed E-state index contributed by atoms with van der Waals surface area (Å²) in [6.45, 7) is 2.28. The summed E-state index contributed by atoms with van der Waals surface area (Å²) in [6, 6.07) is 8.35. The lowest BCUT2D eigenvalue weighted by Crippen LogP contribution is -2.30. The van der Waals surface area contributed by atoms with Gasteiger partial charge in [-0.05, 0) is 78.9 Å². The predicted octanol–water partition coefficient (Wildman–Crippen LogP) is 8.00. The minimum atomic E-state index is -0.358. The third-order valence-corrected chi connectivity index (χ3v) is 7.33. The van der Waals surface area contributed by atoms with Crippen LogP contribution in [0.5, 0.6) is 0 Å². The van der Waals surface area contributed by atoms with Crippen LogP contribution in [0.3, 0.4) is 0 Å². The summed E-state index contributed by atoms with van der Waals surface area (Å²) in [7, 11) is 0. The molecule has 0 amide bonds. The molecule has 2 aliphatic rings. The van der Waals surface area contributed by atoms with E-state index in [9.17, 15) is 4.39 Å². The standard InChI is InChI=1S/C25H32F2/c1-2-3-4-5-17-6-7-20-15-21(9-8-19(20)14-17)23-13-11-18-10-12-22(26)16-24(18)25(23)27/h10-13,16-17,19-21H,2-9,14-15H2,1H3. The quantitative estimate of drug-likeness (QED) is 0.468. The largest absolute Gasteiger partial charge is 0.207 e. The molecular weight excluding hydrogens is 338 g/mol. The van der Waals surface area contributed by atoms with Crippen LogP contribution in [-0.2, 0) is 0 Å². The average Bonchev–Trinajstić information content (AvgIpc) is 2.68. The van der Waals surface area contributed by atoms with Gasteiger partial charge in [0.2, 0.25) is 0 Å². The fourth-order valence-corrected chi connectivity index (χ4v) is 5.80. The number of hydrogen-bond acceptors (Lipinski definition) is 0. The van der Waals surface area contributed by atoms with Crippen LogP contribution in [0.25, 0.3) is 10.8 Å². The summed E-state index contributed by atoms with van der Waals surface area (Å²) in [5.41, 5.74) is 0.816. The predicted molar refractivity (Wildman–Crippen MR) is 109 cm³/mol. The fourth-order valence-electron chi connectivity index (χ4n) is 5.80. The van der Waals surface area contributed by atoms with Gasteiger partial charge in [-0.1, -0.05) is 57.2 Å². The molecule has 0 nitrogen and oxygen atoms in total. The van der Waals surface area contributed by atoms with Crippen molar-refractivity contribution in [3.63, 3.8) is 0 Å². The van der Waals surface area contributed by atoms with E-state index >= 15 is 4.39 Å². The zero-order valence-electron chi connectivity index (χ0n) is 16.5. The summed E-state index contributed by atoms with van der Waals surface area (Å²) >= 11 is 0. The van der Waals surface area contributed by atoms with Crippen molar-refractivity contribution in [1.82, 2.24) is 0 Å². The molecule has 4 unspecified atom stereocenters. The van der Waals surface area contributed by atoms with E-state index in [0.717, 1.165) is 41.5 Å². The maximum Gasteiger partial charge on any atom is 0.134 e. The van der Waals surface area contributed by atoms with Gasteiger partial charge in [-0.3, -0.25) is 0 Å². The van der Waals surface area contributed by atoms with Crippen LogP contribution < -0.4 is 0 Å². The molecule has 0 saturated heterocycles. The summed E-state index contributed by atoms with van der Waals surface area (Å²) in [5.74, 6) is 2.29. The molecule has 146 valence electrons. The molecule has 0 bridgehead atoms. The Labute approximate surface area is 162 Å². The Balaban J connectivity index is 1.45.